The lowest BCUT2D eigenvalue weighted by Gasteiger charge is -1.94. The minimum atomic E-state index is 1.18. The van der Waals surface area contributed by atoms with Gasteiger partial charge in [0.05, 0.1) is 5.75 Å². The van der Waals surface area contributed by atoms with E-state index in [4.69, 9.17) is 0 Å². The molecule has 1 aliphatic heterocycles. The van der Waals surface area contributed by atoms with Crippen LogP contribution in [0, 0.1) is 0 Å². The van der Waals surface area contributed by atoms with Crippen LogP contribution in [0.2, 0.25) is 0 Å². The Labute approximate surface area is 71.3 Å². The lowest BCUT2D eigenvalue weighted by atomic mass is 10.6. The van der Waals surface area contributed by atoms with Crippen LogP contribution in [0.3, 0.4) is 0 Å². The van der Waals surface area contributed by atoms with Crippen LogP contribution in [0.15, 0.2) is 0 Å². The zero-order valence-electron chi connectivity index (χ0n) is 6.59. The maximum atomic E-state index is 2.46. The van der Waals surface area contributed by atoms with Gasteiger partial charge in [0.15, 0.2) is 6.54 Å². The summed E-state index contributed by atoms with van der Waals surface area (Å²) >= 11 is 3.98. The van der Waals surface area contributed by atoms with Gasteiger partial charge in [-0.25, -0.2) is 4.58 Å². The molecule has 0 unspecified atom stereocenters. The van der Waals surface area contributed by atoms with E-state index in [1.165, 1.54) is 29.0 Å². The van der Waals surface area contributed by atoms with Crippen molar-refractivity contribution in [3.05, 3.63) is 0 Å². The lowest BCUT2D eigenvalue weighted by molar-refractivity contribution is -0.511. The van der Waals surface area contributed by atoms with Crippen molar-refractivity contribution in [3.8, 4) is 0 Å². The summed E-state index contributed by atoms with van der Waals surface area (Å²) in [5.41, 5.74) is 0. The van der Waals surface area contributed by atoms with Crippen molar-refractivity contribution in [2.45, 2.75) is 13.8 Å². The van der Waals surface area contributed by atoms with Gasteiger partial charge in [0, 0.05) is 5.75 Å². The molecular formula is C7H14NS2+. The predicted octanol–water partition coefficient (Wildman–Crippen LogP) is 1.87. The second-order valence-corrected chi connectivity index (χ2v) is 4.72. The van der Waals surface area contributed by atoms with E-state index in [9.17, 15) is 0 Å². The molecule has 0 N–H and O–H groups in total. The van der Waals surface area contributed by atoms with Crippen LogP contribution in [-0.2, 0) is 0 Å². The molecule has 0 spiro atoms. The summed E-state index contributed by atoms with van der Waals surface area (Å²) in [6.45, 7) is 6.87. The summed E-state index contributed by atoms with van der Waals surface area (Å²) < 4.78 is 3.99. The third kappa shape index (κ3) is 1.92. The smallest absolute Gasteiger partial charge is 0.218 e. The summed E-state index contributed by atoms with van der Waals surface area (Å²) in [6.07, 6.45) is 0. The molecule has 10 heavy (non-hydrogen) atoms. The highest BCUT2D eigenvalue weighted by Crippen LogP contribution is 2.21. The van der Waals surface area contributed by atoms with Gasteiger partial charge in [-0.2, -0.15) is 0 Å². The van der Waals surface area contributed by atoms with Gasteiger partial charge in [0.2, 0.25) is 0 Å². The van der Waals surface area contributed by atoms with E-state index in [1.54, 1.807) is 0 Å². The van der Waals surface area contributed by atoms with Gasteiger partial charge in [-0.3, -0.25) is 0 Å². The Morgan fingerprint density at radius 1 is 1.60 bits per heavy atom. The standard InChI is InChI=1S/C7H14NS2/c1-3-8-5-6-10-7(8)9-4-2/h3-6H2,1-2H3/q+1. The summed E-state index contributed by atoms with van der Waals surface area (Å²) in [7, 11) is 0. The van der Waals surface area contributed by atoms with Crippen LogP contribution in [-0.4, -0.2) is 33.5 Å². The first-order chi connectivity index (χ1) is 4.88. The Kier molecular flexibility index (Phi) is 3.63. The highest BCUT2D eigenvalue weighted by molar-refractivity contribution is 8.38. The molecule has 1 rings (SSSR count). The van der Waals surface area contributed by atoms with Crippen LogP contribution in [0.1, 0.15) is 13.8 Å². The average molecular weight is 176 g/mol. The van der Waals surface area contributed by atoms with E-state index in [0.717, 1.165) is 0 Å². The van der Waals surface area contributed by atoms with Crippen molar-refractivity contribution in [2.75, 3.05) is 24.6 Å². The maximum Gasteiger partial charge on any atom is 0.270 e. The van der Waals surface area contributed by atoms with Gasteiger partial charge >= 0.3 is 0 Å². The Morgan fingerprint density at radius 2 is 2.40 bits per heavy atom. The summed E-state index contributed by atoms with van der Waals surface area (Å²) in [4.78, 5) is 0. The topological polar surface area (TPSA) is 3.01 Å². The quantitative estimate of drug-likeness (QED) is 0.591. The van der Waals surface area contributed by atoms with Crippen molar-refractivity contribution >= 4 is 27.9 Å². The van der Waals surface area contributed by atoms with Crippen molar-refractivity contribution in [2.24, 2.45) is 0 Å². The van der Waals surface area contributed by atoms with Gasteiger partial charge in [-0.1, -0.05) is 18.7 Å². The van der Waals surface area contributed by atoms with E-state index in [0.29, 0.717) is 0 Å². The molecule has 0 bridgehead atoms. The Morgan fingerprint density at radius 3 is 3.00 bits per heavy atom. The normalized spacial score (nSPS) is 18.6. The molecule has 0 aromatic heterocycles. The molecule has 1 aliphatic rings. The fraction of sp³-hybridized carbons (Fsp3) is 0.857. The van der Waals surface area contributed by atoms with E-state index in [-0.39, 0.29) is 0 Å². The Hall–Kier alpha value is 0.370. The molecule has 0 amide bonds. The third-order valence-corrected chi connectivity index (χ3v) is 3.89. The minimum absolute atomic E-state index is 1.18. The number of rotatable bonds is 2. The number of nitrogens with zero attached hydrogens (tertiary/aromatic N) is 1. The second kappa shape index (κ2) is 4.29. The van der Waals surface area contributed by atoms with Gasteiger partial charge in [0.25, 0.3) is 4.38 Å². The summed E-state index contributed by atoms with van der Waals surface area (Å²) in [5, 5.41) is 0. The number of hydrogen-bond acceptors (Lipinski definition) is 2. The maximum absolute atomic E-state index is 2.46. The fourth-order valence-electron chi connectivity index (χ4n) is 0.969. The van der Waals surface area contributed by atoms with Gasteiger partial charge in [-0.05, 0) is 18.7 Å². The number of thioether (sulfide) groups is 2. The zero-order valence-corrected chi connectivity index (χ0v) is 8.23. The van der Waals surface area contributed by atoms with Crippen molar-refractivity contribution in [1.29, 1.82) is 0 Å². The molecule has 0 radical (unpaired) electrons. The molecule has 58 valence electrons. The van der Waals surface area contributed by atoms with Gasteiger partial charge < -0.3 is 0 Å². The third-order valence-electron chi connectivity index (χ3n) is 1.49. The molecule has 3 heteroatoms. The Bertz CT molecular complexity index is 143. The zero-order chi connectivity index (χ0) is 7.40. The molecule has 1 heterocycles. The van der Waals surface area contributed by atoms with Crippen LogP contribution in [0.5, 0.6) is 0 Å². The SMILES string of the molecule is CCSC1=[N+](CC)CCS1. The number of hydrogen-bond donors (Lipinski definition) is 0. The monoisotopic (exact) mass is 176 g/mol. The van der Waals surface area contributed by atoms with Crippen molar-refractivity contribution < 1.29 is 4.58 Å². The average Bonchev–Trinajstić information content (AvgIpc) is 2.36. The molecule has 0 aromatic carbocycles. The molecule has 1 nitrogen and oxygen atoms in total. The highest BCUT2D eigenvalue weighted by atomic mass is 32.2. The Balaban J connectivity index is 2.50. The van der Waals surface area contributed by atoms with Crippen LogP contribution in [0.4, 0.5) is 0 Å². The molecule has 0 aliphatic carbocycles. The van der Waals surface area contributed by atoms with Gasteiger partial charge in [-0.15, -0.1) is 0 Å². The van der Waals surface area contributed by atoms with E-state index in [2.05, 4.69) is 18.4 Å². The molecule has 0 saturated heterocycles. The second-order valence-electron chi connectivity index (χ2n) is 2.13. The fourth-order valence-corrected chi connectivity index (χ4v) is 3.45. The van der Waals surface area contributed by atoms with Crippen LogP contribution >= 0.6 is 23.5 Å². The predicted molar refractivity (Wildman–Crippen MR) is 51.3 cm³/mol. The summed E-state index contributed by atoms with van der Waals surface area (Å²) in [5.74, 6) is 2.50. The molecule has 0 fully saturated rings. The van der Waals surface area contributed by atoms with Gasteiger partial charge in [0.1, 0.15) is 6.54 Å². The lowest BCUT2D eigenvalue weighted by Crippen LogP contribution is -2.12. The van der Waals surface area contributed by atoms with Crippen LogP contribution < -0.4 is 0 Å². The summed E-state index contributed by atoms with van der Waals surface area (Å²) in [6, 6.07) is 0. The first-order valence-corrected chi connectivity index (χ1v) is 5.73. The van der Waals surface area contributed by atoms with E-state index >= 15 is 0 Å². The molecule has 0 saturated carbocycles. The van der Waals surface area contributed by atoms with Crippen molar-refractivity contribution in [3.63, 3.8) is 0 Å². The first-order valence-electron chi connectivity index (χ1n) is 3.76. The van der Waals surface area contributed by atoms with Crippen LogP contribution in [0.25, 0.3) is 0 Å². The highest BCUT2D eigenvalue weighted by Gasteiger charge is 2.20. The largest absolute Gasteiger partial charge is 0.270 e. The minimum Gasteiger partial charge on any atom is -0.218 e. The molecule has 0 aromatic rings. The molecule has 0 atom stereocenters. The van der Waals surface area contributed by atoms with E-state index in [1.807, 2.05) is 23.5 Å². The van der Waals surface area contributed by atoms with E-state index < -0.39 is 0 Å². The first kappa shape index (κ1) is 8.47. The molecular weight excluding hydrogens is 162 g/mol. The van der Waals surface area contributed by atoms with Crippen molar-refractivity contribution in [1.82, 2.24) is 0 Å².